The summed E-state index contributed by atoms with van der Waals surface area (Å²) in [7, 11) is 1.57. The highest BCUT2D eigenvalue weighted by Crippen LogP contribution is 2.39. The molecule has 3 aromatic rings. The van der Waals surface area contributed by atoms with E-state index in [0.29, 0.717) is 28.6 Å². The zero-order valence-electron chi connectivity index (χ0n) is 12.9. The molecule has 1 N–H and O–H groups in total. The highest BCUT2D eigenvalue weighted by Gasteiger charge is 2.18. The number of benzene rings is 2. The first-order valence-corrected chi connectivity index (χ1v) is 7.33. The van der Waals surface area contributed by atoms with Gasteiger partial charge in [-0.1, -0.05) is 12.1 Å². The molecule has 0 radical (unpaired) electrons. The Morgan fingerprint density at radius 2 is 2.08 bits per heavy atom. The van der Waals surface area contributed by atoms with Gasteiger partial charge in [-0.2, -0.15) is 5.26 Å². The van der Waals surface area contributed by atoms with Gasteiger partial charge in [0.1, 0.15) is 17.6 Å². The summed E-state index contributed by atoms with van der Waals surface area (Å²) in [5, 5.41) is 9.55. The van der Waals surface area contributed by atoms with E-state index in [4.69, 9.17) is 14.2 Å². The Labute approximate surface area is 137 Å². The van der Waals surface area contributed by atoms with E-state index in [2.05, 4.69) is 16.0 Å². The summed E-state index contributed by atoms with van der Waals surface area (Å²) in [6.45, 7) is 0.181. The Morgan fingerprint density at radius 1 is 1.29 bits per heavy atom. The predicted molar refractivity (Wildman–Crippen MR) is 88.7 cm³/mol. The van der Waals surface area contributed by atoms with E-state index in [1.807, 2.05) is 24.3 Å². The van der Waals surface area contributed by atoms with Gasteiger partial charge in [0, 0.05) is 11.6 Å². The highest BCUT2D eigenvalue weighted by molar-refractivity contribution is 5.91. The van der Waals surface area contributed by atoms with Crippen LogP contribution in [-0.4, -0.2) is 23.9 Å². The summed E-state index contributed by atoms with van der Waals surface area (Å²) in [4.78, 5) is 7.62. The number of H-pyrrole nitrogens is 1. The maximum absolute atomic E-state index is 9.55. The lowest BCUT2D eigenvalue weighted by molar-refractivity contribution is 0.174. The molecule has 6 nitrogen and oxygen atoms in total. The number of nitriles is 1. The molecule has 0 saturated heterocycles. The summed E-state index contributed by atoms with van der Waals surface area (Å²) in [6.07, 6.45) is 1.72. The molecular formula is C18H13N3O3. The lowest BCUT2D eigenvalue weighted by Gasteiger charge is -2.07. The monoisotopic (exact) mass is 319 g/mol. The normalized spacial score (nSPS) is 13.1. The fourth-order valence-corrected chi connectivity index (χ4v) is 2.62. The molecule has 0 aliphatic carbocycles. The van der Waals surface area contributed by atoms with Gasteiger partial charge in [-0.25, -0.2) is 4.98 Å². The third-order valence-corrected chi connectivity index (χ3v) is 3.79. The molecule has 1 aromatic heterocycles. The van der Waals surface area contributed by atoms with E-state index < -0.39 is 0 Å². The van der Waals surface area contributed by atoms with Gasteiger partial charge in [0.05, 0.1) is 23.7 Å². The van der Waals surface area contributed by atoms with Crippen LogP contribution in [0.15, 0.2) is 36.4 Å². The first-order valence-electron chi connectivity index (χ1n) is 7.33. The molecule has 0 spiro atoms. The Bertz CT molecular complexity index is 965. The van der Waals surface area contributed by atoms with Crippen molar-refractivity contribution in [3.8, 4) is 23.3 Å². The molecule has 0 atom stereocenters. The summed E-state index contributed by atoms with van der Waals surface area (Å²) in [5.41, 5.74) is 2.82. The molecule has 2 heterocycles. The van der Waals surface area contributed by atoms with E-state index in [1.165, 1.54) is 0 Å². The number of fused-ring (bicyclic) bond motifs is 2. The molecule has 1 aliphatic rings. The van der Waals surface area contributed by atoms with Crippen LogP contribution in [0, 0.1) is 11.3 Å². The number of imidazole rings is 1. The SMILES string of the molecule is COc1cc2c(cc1/C=C(\C#N)c1nc3ccccc3[nH]1)OCO2. The molecule has 0 unspecified atom stereocenters. The van der Waals surface area contributed by atoms with Crippen LogP contribution in [0.4, 0.5) is 0 Å². The van der Waals surface area contributed by atoms with Gasteiger partial charge >= 0.3 is 0 Å². The fourth-order valence-electron chi connectivity index (χ4n) is 2.62. The first-order chi connectivity index (χ1) is 11.8. The zero-order chi connectivity index (χ0) is 16.5. The number of nitrogens with zero attached hydrogens (tertiary/aromatic N) is 2. The lowest BCUT2D eigenvalue weighted by atomic mass is 10.1. The molecule has 0 bridgehead atoms. The van der Waals surface area contributed by atoms with Crippen molar-refractivity contribution in [2.45, 2.75) is 0 Å². The van der Waals surface area contributed by atoms with Crippen LogP contribution in [-0.2, 0) is 0 Å². The largest absolute Gasteiger partial charge is 0.496 e. The van der Waals surface area contributed by atoms with Gasteiger partial charge in [0.15, 0.2) is 11.5 Å². The van der Waals surface area contributed by atoms with Crippen molar-refractivity contribution < 1.29 is 14.2 Å². The number of para-hydroxylation sites is 2. The molecule has 6 heteroatoms. The third kappa shape index (κ3) is 2.32. The van der Waals surface area contributed by atoms with Crippen LogP contribution < -0.4 is 14.2 Å². The smallest absolute Gasteiger partial charge is 0.231 e. The summed E-state index contributed by atoms with van der Waals surface area (Å²) >= 11 is 0. The molecule has 2 aromatic carbocycles. The number of nitrogens with one attached hydrogen (secondary N) is 1. The summed E-state index contributed by atoms with van der Waals surface area (Å²) < 4.78 is 16.1. The van der Waals surface area contributed by atoms with Crippen molar-refractivity contribution in [3.63, 3.8) is 0 Å². The second kappa shape index (κ2) is 5.63. The van der Waals surface area contributed by atoms with Gasteiger partial charge in [0.2, 0.25) is 6.79 Å². The highest BCUT2D eigenvalue weighted by atomic mass is 16.7. The van der Waals surface area contributed by atoms with Gasteiger partial charge in [0.25, 0.3) is 0 Å². The topological polar surface area (TPSA) is 80.2 Å². The van der Waals surface area contributed by atoms with Crippen molar-refractivity contribution in [2.75, 3.05) is 13.9 Å². The Kier molecular flexibility index (Phi) is 3.32. The molecule has 24 heavy (non-hydrogen) atoms. The molecule has 0 saturated carbocycles. The maximum atomic E-state index is 9.55. The van der Waals surface area contributed by atoms with E-state index in [1.54, 1.807) is 25.3 Å². The Hall–Kier alpha value is -3.46. The third-order valence-electron chi connectivity index (χ3n) is 3.79. The fraction of sp³-hybridized carbons (Fsp3) is 0.111. The number of hydrogen-bond acceptors (Lipinski definition) is 5. The van der Waals surface area contributed by atoms with E-state index >= 15 is 0 Å². The van der Waals surface area contributed by atoms with Crippen LogP contribution in [0.25, 0.3) is 22.7 Å². The molecule has 0 amide bonds. The molecule has 0 fully saturated rings. The molecular weight excluding hydrogens is 306 g/mol. The number of allylic oxidation sites excluding steroid dienone is 1. The first kappa shape index (κ1) is 14.2. The Morgan fingerprint density at radius 3 is 2.83 bits per heavy atom. The van der Waals surface area contributed by atoms with Gasteiger partial charge in [-0.05, 0) is 24.3 Å². The number of methoxy groups -OCH3 is 1. The number of rotatable bonds is 3. The summed E-state index contributed by atoms with van der Waals surface area (Å²) in [5.74, 6) is 2.37. The zero-order valence-corrected chi connectivity index (χ0v) is 12.9. The summed E-state index contributed by atoms with van der Waals surface area (Å²) in [6, 6.07) is 13.4. The number of hydrogen-bond donors (Lipinski definition) is 1. The van der Waals surface area contributed by atoms with Gasteiger partial charge in [-0.3, -0.25) is 0 Å². The van der Waals surface area contributed by atoms with Crippen LogP contribution in [0.5, 0.6) is 17.2 Å². The molecule has 1 aliphatic heterocycles. The average Bonchev–Trinajstić information content (AvgIpc) is 3.24. The van der Waals surface area contributed by atoms with Crippen LogP contribution in [0.1, 0.15) is 11.4 Å². The van der Waals surface area contributed by atoms with Crippen molar-refractivity contribution in [1.29, 1.82) is 5.26 Å². The van der Waals surface area contributed by atoms with Crippen molar-refractivity contribution in [3.05, 3.63) is 47.8 Å². The minimum absolute atomic E-state index is 0.181. The molecule has 118 valence electrons. The molecule has 4 rings (SSSR count). The van der Waals surface area contributed by atoms with Crippen LogP contribution >= 0.6 is 0 Å². The lowest BCUT2D eigenvalue weighted by Crippen LogP contribution is -1.92. The van der Waals surface area contributed by atoms with E-state index in [-0.39, 0.29) is 6.79 Å². The quantitative estimate of drug-likeness (QED) is 0.749. The van der Waals surface area contributed by atoms with E-state index in [0.717, 1.165) is 16.6 Å². The van der Waals surface area contributed by atoms with Gasteiger partial charge < -0.3 is 19.2 Å². The van der Waals surface area contributed by atoms with Gasteiger partial charge in [-0.15, -0.1) is 0 Å². The second-order valence-corrected chi connectivity index (χ2v) is 5.22. The second-order valence-electron chi connectivity index (χ2n) is 5.22. The van der Waals surface area contributed by atoms with Crippen molar-refractivity contribution in [2.24, 2.45) is 0 Å². The standard InChI is InChI=1S/C18H13N3O3/c1-22-15-8-17-16(23-10-24-17)7-11(15)6-12(9-19)18-20-13-4-2-3-5-14(13)21-18/h2-8H,10H2,1H3,(H,20,21)/b12-6+. The number of ether oxygens (including phenoxy) is 3. The van der Waals surface area contributed by atoms with Crippen molar-refractivity contribution >= 4 is 22.7 Å². The number of aromatic nitrogens is 2. The minimum Gasteiger partial charge on any atom is -0.496 e. The predicted octanol–water partition coefficient (Wildman–Crippen LogP) is 3.36. The Balaban J connectivity index is 1.82. The van der Waals surface area contributed by atoms with Crippen LogP contribution in [0.2, 0.25) is 0 Å². The minimum atomic E-state index is 0.181. The van der Waals surface area contributed by atoms with E-state index in [9.17, 15) is 5.26 Å². The maximum Gasteiger partial charge on any atom is 0.231 e. The van der Waals surface area contributed by atoms with Crippen molar-refractivity contribution in [1.82, 2.24) is 9.97 Å². The van der Waals surface area contributed by atoms with Crippen LogP contribution in [0.3, 0.4) is 0 Å². The average molecular weight is 319 g/mol. The number of aromatic amines is 1.